The van der Waals surface area contributed by atoms with Gasteiger partial charge in [-0.3, -0.25) is 19.2 Å². The van der Waals surface area contributed by atoms with Gasteiger partial charge in [0.15, 0.2) is 0 Å². The first-order chi connectivity index (χ1) is 26.2. The normalized spacial score (nSPS) is 17.7. The maximum Gasteiger partial charge on any atom is 0.308 e. The number of benzene rings is 4. The summed E-state index contributed by atoms with van der Waals surface area (Å²) in [5.74, 6) is -6.48. The van der Waals surface area contributed by atoms with E-state index in [0.29, 0.717) is 24.6 Å². The highest BCUT2D eigenvalue weighted by molar-refractivity contribution is 8.00. The highest BCUT2D eigenvalue weighted by atomic mass is 32.2. The summed E-state index contributed by atoms with van der Waals surface area (Å²) in [6.45, 7) is 5.16. The number of hydrogen-bond acceptors (Lipinski definition) is 8. The van der Waals surface area contributed by atoms with Crippen LogP contribution in [0.5, 0.6) is 0 Å². The van der Waals surface area contributed by atoms with Gasteiger partial charge in [0.25, 0.3) is 0 Å². The van der Waals surface area contributed by atoms with Crippen LogP contribution in [0.25, 0.3) is 0 Å². The second-order valence-electron chi connectivity index (χ2n) is 12.8. The van der Waals surface area contributed by atoms with Crippen LogP contribution in [-0.2, 0) is 32.3 Å². The third-order valence-electron chi connectivity index (χ3n) is 9.28. The van der Waals surface area contributed by atoms with Crippen molar-refractivity contribution in [1.29, 1.82) is 0 Å². The summed E-state index contributed by atoms with van der Waals surface area (Å²) < 4.78 is 0. The van der Waals surface area contributed by atoms with Crippen LogP contribution in [0, 0.1) is 23.7 Å². The Kier molecular flexibility index (Phi) is 15.9. The fourth-order valence-electron chi connectivity index (χ4n) is 6.59. The molecule has 12 heteroatoms. The van der Waals surface area contributed by atoms with Gasteiger partial charge in [0.05, 0.1) is 23.7 Å². The topological polar surface area (TPSA) is 115 Å². The Morgan fingerprint density at radius 1 is 0.500 bits per heavy atom. The first-order valence-electron chi connectivity index (χ1n) is 18.0. The molecular weight excluding hydrogens is 757 g/mol. The van der Waals surface area contributed by atoms with E-state index in [0.717, 1.165) is 42.2 Å². The van der Waals surface area contributed by atoms with E-state index in [1.165, 1.54) is 0 Å². The van der Waals surface area contributed by atoms with Crippen LogP contribution in [0.1, 0.15) is 25.0 Å². The zero-order chi connectivity index (χ0) is 38.5. The molecule has 1 aliphatic rings. The monoisotopic (exact) mass is 802 g/mol. The molecule has 5 rings (SSSR count). The smallest absolute Gasteiger partial charge is 0.308 e. The first-order valence-corrected chi connectivity index (χ1v) is 22.0. The molecule has 1 saturated carbocycles. The molecule has 4 atom stereocenters. The number of carbonyl (C=O) groups excluding carboxylic acids is 2. The molecule has 4 aromatic carbocycles. The maximum absolute atomic E-state index is 14.5. The molecule has 284 valence electrons. The van der Waals surface area contributed by atoms with Crippen LogP contribution >= 0.6 is 47.0 Å². The SMILES string of the molecule is CCSCCN(Cc1ccc(Sc2ccccc2)cc1)C(=O)C1C(C(=O)O)C(C(=O)O)C1C(=O)N(CCSCC)Cc1ccc(Sc2ccccc2)cc1. The molecule has 0 bridgehead atoms. The minimum absolute atomic E-state index is 0.213. The quantitative estimate of drug-likeness (QED) is 0.0844. The van der Waals surface area contributed by atoms with Crippen molar-refractivity contribution in [2.24, 2.45) is 23.7 Å². The lowest BCUT2D eigenvalue weighted by Gasteiger charge is -2.48. The largest absolute Gasteiger partial charge is 0.481 e. The minimum Gasteiger partial charge on any atom is -0.481 e. The molecule has 1 aliphatic carbocycles. The van der Waals surface area contributed by atoms with E-state index in [4.69, 9.17) is 0 Å². The van der Waals surface area contributed by atoms with Crippen molar-refractivity contribution in [3.63, 3.8) is 0 Å². The molecule has 4 aromatic rings. The van der Waals surface area contributed by atoms with Crippen molar-refractivity contribution in [3.8, 4) is 0 Å². The van der Waals surface area contributed by atoms with Crippen LogP contribution in [-0.4, -0.2) is 79.9 Å². The summed E-state index contributed by atoms with van der Waals surface area (Å²) in [5, 5.41) is 20.6. The van der Waals surface area contributed by atoms with E-state index in [1.807, 2.05) is 123 Å². The summed E-state index contributed by atoms with van der Waals surface area (Å²) in [7, 11) is 0. The third-order valence-corrected chi connectivity index (χ3v) is 13.1. The Hall–Kier alpha value is -3.84. The van der Waals surface area contributed by atoms with E-state index in [1.54, 1.807) is 56.8 Å². The molecule has 2 amide bonds. The van der Waals surface area contributed by atoms with Crippen molar-refractivity contribution in [3.05, 3.63) is 120 Å². The fourth-order valence-corrected chi connectivity index (χ4v) is 9.54. The van der Waals surface area contributed by atoms with Gasteiger partial charge >= 0.3 is 11.9 Å². The number of rotatable bonds is 20. The van der Waals surface area contributed by atoms with Crippen molar-refractivity contribution < 1.29 is 29.4 Å². The van der Waals surface area contributed by atoms with Crippen molar-refractivity contribution >= 4 is 70.8 Å². The van der Waals surface area contributed by atoms with Crippen molar-refractivity contribution in [2.75, 3.05) is 36.1 Å². The summed E-state index contributed by atoms with van der Waals surface area (Å²) in [5.41, 5.74) is 1.72. The molecule has 1 fully saturated rings. The fraction of sp³-hybridized carbons (Fsp3) is 0.333. The zero-order valence-electron chi connectivity index (χ0n) is 30.4. The van der Waals surface area contributed by atoms with Crippen molar-refractivity contribution in [1.82, 2.24) is 9.80 Å². The molecule has 0 heterocycles. The number of nitrogens with zero attached hydrogens (tertiary/aromatic N) is 2. The number of carbonyl (C=O) groups is 4. The Balaban J connectivity index is 1.39. The van der Waals surface area contributed by atoms with Crippen LogP contribution in [0.4, 0.5) is 0 Å². The number of amides is 2. The van der Waals surface area contributed by atoms with E-state index in [2.05, 4.69) is 0 Å². The van der Waals surface area contributed by atoms with Crippen LogP contribution in [0.3, 0.4) is 0 Å². The summed E-state index contributed by atoms with van der Waals surface area (Å²) >= 11 is 6.57. The Morgan fingerprint density at radius 2 is 0.833 bits per heavy atom. The molecule has 2 N–H and O–H groups in total. The van der Waals surface area contributed by atoms with E-state index < -0.39 is 47.4 Å². The molecule has 0 aromatic heterocycles. The molecule has 0 saturated heterocycles. The first kappa shape index (κ1) is 41.3. The minimum atomic E-state index is -1.52. The molecule has 0 radical (unpaired) electrons. The zero-order valence-corrected chi connectivity index (χ0v) is 33.7. The van der Waals surface area contributed by atoms with Gasteiger partial charge in [-0.15, -0.1) is 0 Å². The van der Waals surface area contributed by atoms with Crippen LogP contribution < -0.4 is 0 Å². The number of aliphatic carboxylic acids is 2. The van der Waals surface area contributed by atoms with E-state index in [9.17, 15) is 29.4 Å². The van der Waals surface area contributed by atoms with Gasteiger partial charge in [-0.1, -0.05) is 98.0 Å². The maximum atomic E-state index is 14.5. The highest BCUT2D eigenvalue weighted by Gasteiger charge is 2.64. The van der Waals surface area contributed by atoms with Gasteiger partial charge < -0.3 is 20.0 Å². The standard InChI is InChI=1S/C42H46N2O6S4/c1-3-51-25-23-43(27-29-15-19-33(20-16-29)53-31-11-7-5-8-12-31)39(45)35-36(38(42(49)50)37(35)41(47)48)40(46)44(24-26-52-4-2)28-30-17-21-34(22-18-30)54-32-13-9-6-10-14-32/h5-22,35-38H,3-4,23-28H2,1-2H3,(H,47,48)(H,49,50). The summed E-state index contributed by atoms with van der Waals surface area (Å²) in [4.78, 5) is 61.9. The second kappa shape index (κ2) is 20.7. The molecule has 0 spiro atoms. The Morgan fingerprint density at radius 3 is 1.15 bits per heavy atom. The van der Waals surface area contributed by atoms with Gasteiger partial charge in [0.2, 0.25) is 11.8 Å². The predicted octanol–water partition coefficient (Wildman–Crippen LogP) is 8.50. The van der Waals surface area contributed by atoms with Gasteiger partial charge in [0, 0.05) is 57.3 Å². The Bertz CT molecular complexity index is 1690. The van der Waals surface area contributed by atoms with Gasteiger partial charge in [-0.2, -0.15) is 23.5 Å². The number of carboxylic acid groups (broad SMARTS) is 2. The average molecular weight is 803 g/mol. The number of carboxylic acids is 2. The molecular formula is C42H46N2O6S4. The lowest BCUT2D eigenvalue weighted by atomic mass is 9.55. The summed E-state index contributed by atoms with van der Waals surface area (Å²) in [6, 6.07) is 35.8. The molecule has 54 heavy (non-hydrogen) atoms. The third kappa shape index (κ3) is 11.1. The Labute approximate surface area is 334 Å². The summed E-state index contributed by atoms with van der Waals surface area (Å²) in [6.07, 6.45) is 0. The predicted molar refractivity (Wildman–Crippen MR) is 220 cm³/mol. The molecule has 0 aliphatic heterocycles. The lowest BCUT2D eigenvalue weighted by Crippen LogP contribution is -2.64. The second-order valence-corrected chi connectivity index (χ2v) is 17.9. The highest BCUT2D eigenvalue weighted by Crippen LogP contribution is 2.49. The van der Waals surface area contributed by atoms with Crippen LogP contribution in [0.15, 0.2) is 129 Å². The number of hydrogen-bond donors (Lipinski definition) is 2. The lowest BCUT2D eigenvalue weighted by molar-refractivity contribution is -0.187. The molecule has 8 nitrogen and oxygen atoms in total. The van der Waals surface area contributed by atoms with Gasteiger partial charge in [0.1, 0.15) is 0 Å². The van der Waals surface area contributed by atoms with E-state index >= 15 is 0 Å². The van der Waals surface area contributed by atoms with Gasteiger partial charge in [-0.05, 0) is 71.2 Å². The van der Waals surface area contributed by atoms with Crippen LogP contribution in [0.2, 0.25) is 0 Å². The number of thioether (sulfide) groups is 2. The van der Waals surface area contributed by atoms with Crippen molar-refractivity contribution in [2.45, 2.75) is 46.5 Å². The van der Waals surface area contributed by atoms with E-state index in [-0.39, 0.29) is 13.1 Å². The molecule has 4 unspecified atom stereocenters. The average Bonchev–Trinajstić information content (AvgIpc) is 3.15. The van der Waals surface area contributed by atoms with Gasteiger partial charge in [-0.25, -0.2) is 0 Å².